The summed E-state index contributed by atoms with van der Waals surface area (Å²) < 4.78 is 0. The molecule has 2 N–H and O–H groups in total. The van der Waals surface area contributed by atoms with Crippen LogP contribution in [-0.2, 0) is 11.2 Å². The average Bonchev–Trinajstić information content (AvgIpc) is 2.79. The van der Waals surface area contributed by atoms with Crippen molar-refractivity contribution in [2.45, 2.75) is 19.8 Å². The van der Waals surface area contributed by atoms with Crippen LogP contribution in [0.2, 0.25) is 0 Å². The number of nitrogens with one attached hydrogen (secondary N) is 2. The van der Waals surface area contributed by atoms with Crippen LogP contribution < -0.4 is 5.32 Å². The first kappa shape index (κ1) is 11.3. The molecule has 17 heavy (non-hydrogen) atoms. The van der Waals surface area contributed by atoms with E-state index in [2.05, 4.69) is 26.6 Å². The summed E-state index contributed by atoms with van der Waals surface area (Å²) in [4.78, 5) is 15.4. The van der Waals surface area contributed by atoms with Gasteiger partial charge in [-0.05, 0) is 18.9 Å². The van der Waals surface area contributed by atoms with Crippen LogP contribution in [0.1, 0.15) is 17.5 Å². The zero-order chi connectivity index (χ0) is 12.1. The first-order chi connectivity index (χ1) is 8.24. The maximum Gasteiger partial charge on any atom is 0.227 e. The highest BCUT2D eigenvalue weighted by Gasteiger charge is 2.04. The van der Waals surface area contributed by atoms with Crippen molar-refractivity contribution in [3.8, 4) is 0 Å². The Morgan fingerprint density at radius 2 is 2.35 bits per heavy atom. The highest BCUT2D eigenvalue weighted by atomic mass is 16.1. The van der Waals surface area contributed by atoms with Crippen LogP contribution in [0.3, 0.4) is 0 Å². The Morgan fingerprint density at radius 1 is 1.47 bits per heavy atom. The summed E-state index contributed by atoms with van der Waals surface area (Å²) in [5.41, 5.74) is 2.37. The van der Waals surface area contributed by atoms with Crippen molar-refractivity contribution in [1.29, 1.82) is 0 Å². The van der Waals surface area contributed by atoms with Gasteiger partial charge in [0.05, 0.1) is 0 Å². The quantitative estimate of drug-likeness (QED) is 0.839. The van der Waals surface area contributed by atoms with E-state index >= 15 is 0 Å². The second-order valence-electron chi connectivity index (χ2n) is 3.87. The SMILES string of the molecule is Cc1cccc(CCC(=O)Nc2ncn[nH]2)c1. The molecule has 1 aromatic carbocycles. The van der Waals surface area contributed by atoms with Gasteiger partial charge in [-0.1, -0.05) is 29.8 Å². The number of amides is 1. The van der Waals surface area contributed by atoms with Gasteiger partial charge in [-0.25, -0.2) is 5.10 Å². The molecule has 1 amide bonds. The zero-order valence-corrected chi connectivity index (χ0v) is 9.60. The minimum atomic E-state index is -0.0664. The number of carbonyl (C=O) groups is 1. The molecule has 5 nitrogen and oxygen atoms in total. The fourth-order valence-electron chi connectivity index (χ4n) is 1.59. The van der Waals surface area contributed by atoms with E-state index in [4.69, 9.17) is 0 Å². The van der Waals surface area contributed by atoms with Crippen molar-refractivity contribution in [3.63, 3.8) is 0 Å². The minimum Gasteiger partial charge on any atom is -0.295 e. The predicted molar refractivity (Wildman–Crippen MR) is 64.5 cm³/mol. The second-order valence-corrected chi connectivity index (χ2v) is 3.87. The van der Waals surface area contributed by atoms with Gasteiger partial charge in [0.25, 0.3) is 0 Å². The highest BCUT2D eigenvalue weighted by molar-refractivity contribution is 5.88. The monoisotopic (exact) mass is 230 g/mol. The lowest BCUT2D eigenvalue weighted by Gasteiger charge is -2.03. The highest BCUT2D eigenvalue weighted by Crippen LogP contribution is 2.07. The van der Waals surface area contributed by atoms with Gasteiger partial charge >= 0.3 is 0 Å². The number of nitrogens with zero attached hydrogens (tertiary/aromatic N) is 2. The first-order valence-corrected chi connectivity index (χ1v) is 5.45. The molecule has 0 saturated carbocycles. The molecule has 0 radical (unpaired) electrons. The van der Waals surface area contributed by atoms with E-state index in [9.17, 15) is 4.79 Å². The molecule has 0 atom stereocenters. The number of hydrogen-bond acceptors (Lipinski definition) is 3. The van der Waals surface area contributed by atoms with Gasteiger partial charge in [-0.15, -0.1) is 0 Å². The number of anilines is 1. The van der Waals surface area contributed by atoms with Gasteiger partial charge in [0.15, 0.2) is 0 Å². The predicted octanol–water partition coefficient (Wildman–Crippen LogP) is 1.68. The van der Waals surface area contributed by atoms with Crippen molar-refractivity contribution < 1.29 is 4.79 Å². The molecule has 2 rings (SSSR count). The minimum absolute atomic E-state index is 0.0664. The van der Waals surface area contributed by atoms with Crippen LogP contribution in [0, 0.1) is 6.92 Å². The molecule has 0 aliphatic heterocycles. The van der Waals surface area contributed by atoms with Crippen LogP contribution in [-0.4, -0.2) is 21.1 Å². The molecule has 0 bridgehead atoms. The maximum atomic E-state index is 11.6. The average molecular weight is 230 g/mol. The number of rotatable bonds is 4. The molecule has 5 heteroatoms. The smallest absolute Gasteiger partial charge is 0.227 e. The number of aryl methyl sites for hydroxylation is 2. The topological polar surface area (TPSA) is 70.7 Å². The summed E-state index contributed by atoms with van der Waals surface area (Å²) in [7, 11) is 0. The van der Waals surface area contributed by atoms with E-state index in [1.54, 1.807) is 0 Å². The summed E-state index contributed by atoms with van der Waals surface area (Å²) in [6.45, 7) is 2.04. The number of aromatic amines is 1. The molecule has 0 fully saturated rings. The standard InChI is InChI=1S/C12H14N4O/c1-9-3-2-4-10(7-9)5-6-11(17)15-12-13-8-14-16-12/h2-4,7-8H,5-6H2,1H3,(H2,13,14,15,16,17). The summed E-state index contributed by atoms with van der Waals surface area (Å²) in [5.74, 6) is 0.322. The zero-order valence-electron chi connectivity index (χ0n) is 9.60. The van der Waals surface area contributed by atoms with Crippen LogP contribution in [0.25, 0.3) is 0 Å². The molecule has 0 saturated heterocycles. The molecule has 88 valence electrons. The number of hydrogen-bond donors (Lipinski definition) is 2. The first-order valence-electron chi connectivity index (χ1n) is 5.45. The van der Waals surface area contributed by atoms with Gasteiger partial charge in [-0.2, -0.15) is 10.1 Å². The van der Waals surface area contributed by atoms with Gasteiger partial charge in [0.1, 0.15) is 6.33 Å². The Morgan fingerprint density at radius 3 is 3.06 bits per heavy atom. The van der Waals surface area contributed by atoms with Crippen LogP contribution in [0.5, 0.6) is 0 Å². The fourth-order valence-corrected chi connectivity index (χ4v) is 1.59. The van der Waals surface area contributed by atoms with E-state index in [1.165, 1.54) is 11.9 Å². The Labute approximate surface area is 99.3 Å². The lowest BCUT2D eigenvalue weighted by atomic mass is 10.1. The Kier molecular flexibility index (Phi) is 3.49. The molecule has 1 heterocycles. The van der Waals surface area contributed by atoms with Gasteiger partial charge < -0.3 is 0 Å². The van der Waals surface area contributed by atoms with Crippen molar-refractivity contribution in [2.75, 3.05) is 5.32 Å². The summed E-state index contributed by atoms with van der Waals surface area (Å²) in [5, 5.41) is 8.88. The van der Waals surface area contributed by atoms with Crippen LogP contribution in [0.4, 0.5) is 5.95 Å². The van der Waals surface area contributed by atoms with Crippen LogP contribution in [0.15, 0.2) is 30.6 Å². The summed E-state index contributed by atoms with van der Waals surface area (Å²) in [6, 6.07) is 8.15. The second kappa shape index (κ2) is 5.25. The van der Waals surface area contributed by atoms with Crippen molar-refractivity contribution in [2.24, 2.45) is 0 Å². The van der Waals surface area contributed by atoms with E-state index < -0.39 is 0 Å². The molecular formula is C12H14N4O. The summed E-state index contributed by atoms with van der Waals surface area (Å²) >= 11 is 0. The van der Waals surface area contributed by atoms with E-state index in [1.807, 2.05) is 25.1 Å². The normalized spacial score (nSPS) is 10.2. The Bertz CT molecular complexity index is 493. The fraction of sp³-hybridized carbons (Fsp3) is 0.250. The van der Waals surface area contributed by atoms with Crippen molar-refractivity contribution in [3.05, 3.63) is 41.7 Å². The maximum absolute atomic E-state index is 11.6. The summed E-state index contributed by atoms with van der Waals surface area (Å²) in [6.07, 6.45) is 2.52. The molecule has 0 spiro atoms. The Balaban J connectivity index is 1.84. The Hall–Kier alpha value is -2.17. The van der Waals surface area contributed by atoms with Crippen LogP contribution >= 0.6 is 0 Å². The molecule has 2 aromatic rings. The lowest BCUT2D eigenvalue weighted by molar-refractivity contribution is -0.116. The van der Waals surface area contributed by atoms with E-state index in [-0.39, 0.29) is 5.91 Å². The van der Waals surface area contributed by atoms with E-state index in [0.717, 1.165) is 12.0 Å². The largest absolute Gasteiger partial charge is 0.295 e. The third-order valence-corrected chi connectivity index (χ3v) is 2.40. The van der Waals surface area contributed by atoms with E-state index in [0.29, 0.717) is 12.4 Å². The number of H-pyrrole nitrogens is 1. The molecule has 0 aliphatic carbocycles. The van der Waals surface area contributed by atoms with Gasteiger partial charge in [0.2, 0.25) is 11.9 Å². The van der Waals surface area contributed by atoms with Crippen molar-refractivity contribution in [1.82, 2.24) is 15.2 Å². The number of carbonyl (C=O) groups excluding carboxylic acids is 1. The van der Waals surface area contributed by atoms with Gasteiger partial charge in [0, 0.05) is 6.42 Å². The molecule has 0 aliphatic rings. The number of benzene rings is 1. The third-order valence-electron chi connectivity index (χ3n) is 2.40. The van der Waals surface area contributed by atoms with Crippen molar-refractivity contribution >= 4 is 11.9 Å². The van der Waals surface area contributed by atoms with Gasteiger partial charge in [-0.3, -0.25) is 10.1 Å². The third kappa shape index (κ3) is 3.41. The molecule has 1 aromatic heterocycles. The lowest BCUT2D eigenvalue weighted by Crippen LogP contribution is -2.13. The number of aromatic nitrogens is 3. The molecular weight excluding hydrogens is 216 g/mol. The molecule has 0 unspecified atom stereocenters.